The quantitative estimate of drug-likeness (QED) is 0.379. The lowest BCUT2D eigenvalue weighted by atomic mass is 10.0. The van der Waals surface area contributed by atoms with Crippen LogP contribution in [0.4, 0.5) is 0 Å². The van der Waals surface area contributed by atoms with Gasteiger partial charge in [0.15, 0.2) is 5.78 Å². The Morgan fingerprint density at radius 3 is 2.04 bits per heavy atom. The number of aromatic nitrogens is 1. The predicted octanol–water partition coefficient (Wildman–Crippen LogP) is 7.16. The summed E-state index contributed by atoms with van der Waals surface area (Å²) >= 11 is 0. The summed E-state index contributed by atoms with van der Waals surface area (Å²) in [5, 5.41) is 1.17. The van der Waals surface area contributed by atoms with Gasteiger partial charge in [-0.15, -0.1) is 0 Å². The zero-order chi connectivity index (χ0) is 19.6. The van der Waals surface area contributed by atoms with E-state index in [4.69, 9.17) is 0 Å². The molecule has 0 unspecified atom stereocenters. The molecule has 0 bridgehead atoms. The first-order valence-corrected chi connectivity index (χ1v) is 10.4. The molecule has 0 aliphatic heterocycles. The number of para-hydroxylation sites is 1. The highest BCUT2D eigenvalue weighted by Gasteiger charge is 2.12. The van der Waals surface area contributed by atoms with Gasteiger partial charge in [-0.3, -0.25) is 4.79 Å². The van der Waals surface area contributed by atoms with E-state index >= 15 is 0 Å². The number of nitrogens with one attached hydrogen (secondary N) is 1. The molecule has 0 fully saturated rings. The summed E-state index contributed by atoms with van der Waals surface area (Å²) in [7, 11) is 0. The van der Waals surface area contributed by atoms with E-state index in [1.54, 1.807) is 18.1 Å². The third-order valence-corrected chi connectivity index (χ3v) is 5.03. The number of benzene rings is 2. The molecule has 0 radical (unpaired) electrons. The van der Waals surface area contributed by atoms with E-state index in [0.29, 0.717) is 0 Å². The monoisotopic (exact) mass is 365 g/mol. The van der Waals surface area contributed by atoms with Crippen LogP contribution in [0.3, 0.4) is 0 Å². The zero-order valence-electron chi connectivity index (χ0n) is 17.3. The van der Waals surface area contributed by atoms with Crippen molar-refractivity contribution in [1.29, 1.82) is 0 Å². The van der Waals surface area contributed by atoms with Crippen molar-refractivity contribution in [2.45, 2.75) is 66.2 Å². The molecule has 1 aliphatic rings. The first-order valence-electron chi connectivity index (χ1n) is 10.4. The average Bonchev–Trinajstić information content (AvgIpc) is 2.93. The topological polar surface area (TPSA) is 32.9 Å². The Hall–Kier alpha value is -2.35. The van der Waals surface area contributed by atoms with Gasteiger partial charge in [-0.05, 0) is 54.9 Å². The van der Waals surface area contributed by atoms with E-state index in [-0.39, 0.29) is 7.21 Å². The Morgan fingerprint density at radius 1 is 0.926 bits per heavy atom. The molecule has 146 valence electrons. The highest BCUT2D eigenvalue weighted by atomic mass is 16.1. The molecular formula is C25H35NO. The van der Waals surface area contributed by atoms with Crippen molar-refractivity contribution in [3.05, 3.63) is 70.9 Å². The summed E-state index contributed by atoms with van der Waals surface area (Å²) in [6.45, 7) is 7.67. The second-order valence-electron chi connectivity index (χ2n) is 6.76. The molecule has 3 aromatic rings. The van der Waals surface area contributed by atoms with Crippen molar-refractivity contribution in [1.82, 2.24) is 4.98 Å². The number of carbonyl (C=O) groups excluding carboxylic acids is 1. The molecule has 2 aromatic carbocycles. The summed E-state index contributed by atoms with van der Waals surface area (Å²) in [5.74, 6) is 0.109. The van der Waals surface area contributed by atoms with Crippen LogP contribution in [0.2, 0.25) is 0 Å². The SMILES string of the molecule is CC.CCc1c(C(C)=O)[nH]c2ccccc12.[HH].c1ccc2c(c1)CCCCC2. The lowest BCUT2D eigenvalue weighted by molar-refractivity contribution is 0.101. The van der Waals surface area contributed by atoms with Crippen LogP contribution in [0.5, 0.6) is 0 Å². The molecule has 0 spiro atoms. The van der Waals surface area contributed by atoms with Crippen molar-refractivity contribution in [3.63, 3.8) is 0 Å². The molecule has 2 nitrogen and oxygen atoms in total. The van der Waals surface area contributed by atoms with Gasteiger partial charge in [0.1, 0.15) is 0 Å². The van der Waals surface area contributed by atoms with E-state index in [1.165, 1.54) is 37.5 Å². The van der Waals surface area contributed by atoms with Crippen molar-refractivity contribution < 1.29 is 6.22 Å². The van der Waals surface area contributed by atoms with Gasteiger partial charge in [-0.2, -0.15) is 0 Å². The Kier molecular flexibility index (Phi) is 8.32. The Bertz CT molecular complexity index is 841. The normalized spacial score (nSPS) is 12.7. The number of rotatable bonds is 2. The first kappa shape index (κ1) is 21.0. The lowest BCUT2D eigenvalue weighted by Crippen LogP contribution is -1.96. The largest absolute Gasteiger partial charge is 0.352 e. The fourth-order valence-electron chi connectivity index (χ4n) is 3.72. The van der Waals surface area contributed by atoms with Gasteiger partial charge in [0.05, 0.1) is 5.69 Å². The number of hydrogen-bond donors (Lipinski definition) is 1. The van der Waals surface area contributed by atoms with Gasteiger partial charge in [0, 0.05) is 19.3 Å². The highest BCUT2D eigenvalue weighted by Crippen LogP contribution is 2.23. The van der Waals surface area contributed by atoms with E-state index < -0.39 is 0 Å². The van der Waals surface area contributed by atoms with Crippen LogP contribution in [-0.4, -0.2) is 10.8 Å². The Labute approximate surface area is 165 Å². The number of H-pyrrole nitrogens is 1. The fourth-order valence-corrected chi connectivity index (χ4v) is 3.72. The number of aromatic amines is 1. The van der Waals surface area contributed by atoms with Crippen molar-refractivity contribution >= 4 is 16.7 Å². The minimum atomic E-state index is 0. The number of aryl methyl sites for hydroxylation is 3. The Morgan fingerprint density at radius 2 is 1.48 bits per heavy atom. The first-order chi connectivity index (χ1) is 13.2. The van der Waals surface area contributed by atoms with Crippen LogP contribution in [0.15, 0.2) is 48.5 Å². The molecule has 1 aliphatic carbocycles. The second kappa shape index (κ2) is 10.7. The van der Waals surface area contributed by atoms with Crippen LogP contribution >= 0.6 is 0 Å². The van der Waals surface area contributed by atoms with Crippen LogP contribution in [0.1, 0.15) is 75.6 Å². The third-order valence-electron chi connectivity index (χ3n) is 5.03. The predicted molar refractivity (Wildman–Crippen MR) is 119 cm³/mol. The van der Waals surface area contributed by atoms with Gasteiger partial charge in [0.25, 0.3) is 0 Å². The summed E-state index contributed by atoms with van der Waals surface area (Å²) in [6.07, 6.45) is 7.67. The minimum Gasteiger partial charge on any atom is -0.352 e. The van der Waals surface area contributed by atoms with E-state index in [0.717, 1.165) is 23.2 Å². The summed E-state index contributed by atoms with van der Waals surface area (Å²) < 4.78 is 0. The van der Waals surface area contributed by atoms with E-state index in [1.807, 2.05) is 32.0 Å². The van der Waals surface area contributed by atoms with Crippen molar-refractivity contribution in [3.8, 4) is 0 Å². The van der Waals surface area contributed by atoms with Crippen LogP contribution in [0.25, 0.3) is 10.9 Å². The molecule has 0 saturated heterocycles. The van der Waals surface area contributed by atoms with Gasteiger partial charge in [-0.1, -0.05) is 69.7 Å². The molecule has 1 N–H and O–H groups in total. The summed E-state index contributed by atoms with van der Waals surface area (Å²) in [6, 6.07) is 16.9. The number of carbonyl (C=O) groups is 1. The van der Waals surface area contributed by atoms with Crippen LogP contribution in [0, 0.1) is 0 Å². The number of Topliss-reactive ketones (excluding diaryl/α,β-unsaturated/α-hetero) is 1. The molecule has 0 atom stereocenters. The number of hydrogen-bond acceptors (Lipinski definition) is 1. The van der Waals surface area contributed by atoms with Crippen LogP contribution in [-0.2, 0) is 19.3 Å². The molecule has 1 aromatic heterocycles. The van der Waals surface area contributed by atoms with Gasteiger partial charge in [-0.25, -0.2) is 0 Å². The van der Waals surface area contributed by atoms with Crippen LogP contribution < -0.4 is 0 Å². The molecule has 2 heteroatoms. The van der Waals surface area contributed by atoms with Gasteiger partial charge in [0.2, 0.25) is 0 Å². The van der Waals surface area contributed by atoms with Crippen molar-refractivity contribution in [2.24, 2.45) is 0 Å². The molecule has 1 heterocycles. The maximum Gasteiger partial charge on any atom is 0.176 e. The van der Waals surface area contributed by atoms with Crippen molar-refractivity contribution in [2.75, 3.05) is 0 Å². The lowest BCUT2D eigenvalue weighted by Gasteiger charge is -2.02. The molecule has 4 rings (SSSR count). The molecule has 27 heavy (non-hydrogen) atoms. The molecule has 0 amide bonds. The van der Waals surface area contributed by atoms with Gasteiger partial charge < -0.3 is 4.98 Å². The maximum absolute atomic E-state index is 11.4. The third kappa shape index (κ3) is 5.32. The Balaban J connectivity index is 0.000000254. The smallest absolute Gasteiger partial charge is 0.176 e. The average molecular weight is 366 g/mol. The number of fused-ring (bicyclic) bond motifs is 2. The molecule has 0 saturated carbocycles. The highest BCUT2D eigenvalue weighted by molar-refractivity contribution is 6.00. The fraction of sp³-hybridized carbons (Fsp3) is 0.400. The van der Waals surface area contributed by atoms with Gasteiger partial charge >= 0.3 is 0 Å². The summed E-state index contributed by atoms with van der Waals surface area (Å²) in [4.78, 5) is 14.5. The minimum absolute atomic E-state index is 0. The molecular weight excluding hydrogens is 330 g/mol. The maximum atomic E-state index is 11.4. The van der Waals surface area contributed by atoms with E-state index in [2.05, 4.69) is 42.2 Å². The van der Waals surface area contributed by atoms with E-state index in [9.17, 15) is 4.79 Å². The second-order valence-corrected chi connectivity index (χ2v) is 6.76. The number of ketones is 1. The summed E-state index contributed by atoms with van der Waals surface area (Å²) in [5.41, 5.74) is 6.12. The standard InChI is InChI=1S/C12H13NO.C11H14.C2H6.H2/c1-3-9-10-6-4-5-7-11(10)13-12(9)8(2)14;1-2-6-10-8-4-5-9-11(10)7-3-1;1-2;/h4-7,13H,3H2,1-2H3;4-5,8-9H,1-3,6-7H2;1-2H3;1H. The zero-order valence-corrected chi connectivity index (χ0v) is 17.3.